The van der Waals surface area contributed by atoms with Crippen LogP contribution in [0.1, 0.15) is 22.3 Å². The van der Waals surface area contributed by atoms with Gasteiger partial charge in [0.15, 0.2) is 11.4 Å². The topological polar surface area (TPSA) is 170 Å². The molecule has 3 aliphatic rings. The summed E-state index contributed by atoms with van der Waals surface area (Å²) in [5, 5.41) is 45.8. The largest absolute Gasteiger partial charge is 0.510 e. The lowest BCUT2D eigenvalue weighted by Gasteiger charge is -2.48. The first-order chi connectivity index (χ1) is 14.0. The van der Waals surface area contributed by atoms with Crippen LogP contribution in [0.25, 0.3) is 0 Å². The number of nitrogens with two attached hydrogens (primary N) is 1. The van der Waals surface area contributed by atoms with E-state index in [9.17, 15) is 34.8 Å². The van der Waals surface area contributed by atoms with Gasteiger partial charge in [-0.25, -0.2) is 0 Å². The molecule has 0 saturated heterocycles. The monoisotopic (exact) mass is 526 g/mol. The number of likely N-dealkylation sites (N-methyl/N-ethyl adjacent to an activating group) is 1. The fourth-order valence-corrected chi connectivity index (χ4v) is 5.64. The van der Waals surface area contributed by atoms with Gasteiger partial charge >= 0.3 is 0 Å². The van der Waals surface area contributed by atoms with E-state index in [4.69, 9.17) is 5.73 Å². The Bertz CT molecular complexity index is 1090. The molecular formula is C20H19IN2O7. The van der Waals surface area contributed by atoms with Gasteiger partial charge in [-0.15, -0.1) is 0 Å². The van der Waals surface area contributed by atoms with Gasteiger partial charge in [-0.05, 0) is 66.1 Å². The molecule has 9 nitrogen and oxygen atoms in total. The Kier molecular flexibility index (Phi) is 4.71. The lowest BCUT2D eigenvalue weighted by Crippen LogP contribution is -2.63. The number of fused-ring (bicyclic) bond motifs is 3. The van der Waals surface area contributed by atoms with Gasteiger partial charge in [0.25, 0.3) is 5.91 Å². The normalized spacial score (nSPS) is 30.7. The number of phenolic OH excluding ortho intramolecular Hbond substituents is 1. The highest BCUT2D eigenvalue weighted by Gasteiger charge is 2.62. The van der Waals surface area contributed by atoms with Crippen LogP contribution in [0, 0.1) is 15.4 Å². The standard InChI is InChI=1S/C20H19IN2O7/c1-23-14-8-5-6-4-7-9(21)2-3-10(24)12(7)15(25)11(6)17(27)20(8,30)18(28)13(16(14)26)19(22)29/h2-3,6,8,14,23-24,26-27,30H,4-5H2,1H3,(H2,22,29)/t6?,8?,14-,20-/m0/s1. The molecule has 4 atom stereocenters. The molecule has 30 heavy (non-hydrogen) atoms. The second kappa shape index (κ2) is 6.79. The van der Waals surface area contributed by atoms with Crippen LogP contribution < -0.4 is 11.1 Å². The number of hydrogen-bond acceptors (Lipinski definition) is 8. The van der Waals surface area contributed by atoms with Gasteiger partial charge in [-0.1, -0.05) is 0 Å². The number of halogens is 1. The van der Waals surface area contributed by atoms with Crippen molar-refractivity contribution in [3.8, 4) is 5.75 Å². The number of hydrogen-bond donors (Lipinski definition) is 6. The Balaban J connectivity index is 1.97. The predicted molar refractivity (Wildman–Crippen MR) is 112 cm³/mol. The maximum absolute atomic E-state index is 13.2. The van der Waals surface area contributed by atoms with E-state index in [2.05, 4.69) is 5.32 Å². The number of benzene rings is 1. The summed E-state index contributed by atoms with van der Waals surface area (Å²) in [6.07, 6.45) is 0.359. The number of amides is 1. The molecule has 0 saturated carbocycles. The molecule has 3 aliphatic carbocycles. The molecule has 0 radical (unpaired) electrons. The van der Waals surface area contributed by atoms with E-state index in [1.165, 1.54) is 13.1 Å². The van der Waals surface area contributed by atoms with Crippen LogP contribution in [-0.2, 0) is 16.0 Å². The third-order valence-corrected chi connectivity index (χ3v) is 7.35. The van der Waals surface area contributed by atoms with Gasteiger partial charge in [-0.2, -0.15) is 0 Å². The van der Waals surface area contributed by atoms with E-state index < -0.39 is 58.0 Å². The first-order valence-corrected chi connectivity index (χ1v) is 10.3. The Labute approximate surface area is 184 Å². The van der Waals surface area contributed by atoms with Crippen LogP contribution in [0.4, 0.5) is 0 Å². The number of primary amides is 1. The molecule has 7 N–H and O–H groups in total. The third kappa shape index (κ3) is 2.50. The molecule has 0 heterocycles. The van der Waals surface area contributed by atoms with Crippen molar-refractivity contribution in [1.29, 1.82) is 0 Å². The quantitative estimate of drug-likeness (QED) is 0.237. The first-order valence-electron chi connectivity index (χ1n) is 9.21. The number of phenols is 1. The molecule has 1 aromatic rings. The summed E-state index contributed by atoms with van der Waals surface area (Å²) in [6, 6.07) is 1.99. The van der Waals surface area contributed by atoms with Crippen LogP contribution in [0.5, 0.6) is 5.75 Å². The molecule has 2 unspecified atom stereocenters. The zero-order chi connectivity index (χ0) is 22.1. The number of aromatic hydroxyl groups is 1. The Morgan fingerprint density at radius 2 is 1.93 bits per heavy atom. The van der Waals surface area contributed by atoms with Crippen molar-refractivity contribution in [2.45, 2.75) is 24.5 Å². The highest BCUT2D eigenvalue weighted by molar-refractivity contribution is 14.1. The summed E-state index contributed by atoms with van der Waals surface area (Å²) < 4.78 is 0.761. The molecule has 0 bridgehead atoms. The van der Waals surface area contributed by atoms with E-state index in [-0.39, 0.29) is 29.7 Å². The zero-order valence-corrected chi connectivity index (χ0v) is 17.9. The van der Waals surface area contributed by atoms with E-state index in [0.717, 1.165) is 3.57 Å². The number of aliphatic hydroxyl groups excluding tert-OH is 2. The van der Waals surface area contributed by atoms with Gasteiger partial charge < -0.3 is 31.5 Å². The lowest BCUT2D eigenvalue weighted by molar-refractivity contribution is -0.146. The summed E-state index contributed by atoms with van der Waals surface area (Å²) in [6.45, 7) is 0. The molecular weight excluding hydrogens is 507 g/mol. The number of ketones is 2. The van der Waals surface area contributed by atoms with Crippen molar-refractivity contribution in [3.05, 3.63) is 49.5 Å². The van der Waals surface area contributed by atoms with Crippen LogP contribution in [0.3, 0.4) is 0 Å². The number of Topliss-reactive ketones (excluding diaryl/α,β-unsaturated/α-hetero) is 2. The lowest BCUT2D eigenvalue weighted by atomic mass is 9.59. The number of allylic oxidation sites excluding steroid dienone is 1. The second-order valence-corrected chi connectivity index (χ2v) is 8.90. The minimum Gasteiger partial charge on any atom is -0.510 e. The molecule has 0 aliphatic heterocycles. The van der Waals surface area contributed by atoms with Crippen molar-refractivity contribution in [1.82, 2.24) is 5.32 Å². The van der Waals surface area contributed by atoms with Gasteiger partial charge in [-0.3, -0.25) is 14.4 Å². The number of rotatable bonds is 2. The minimum absolute atomic E-state index is 0.0173. The van der Waals surface area contributed by atoms with Gasteiger partial charge in [0.2, 0.25) is 5.78 Å². The zero-order valence-electron chi connectivity index (χ0n) is 15.8. The van der Waals surface area contributed by atoms with Crippen molar-refractivity contribution in [2.75, 3.05) is 7.05 Å². The van der Waals surface area contributed by atoms with Crippen LogP contribution in [0.2, 0.25) is 0 Å². The molecule has 0 aromatic heterocycles. The molecule has 10 heteroatoms. The summed E-state index contributed by atoms with van der Waals surface area (Å²) in [5.41, 5.74) is 2.27. The minimum atomic E-state index is -2.61. The summed E-state index contributed by atoms with van der Waals surface area (Å²) in [5.74, 6) is -6.52. The van der Waals surface area contributed by atoms with E-state index in [1.54, 1.807) is 6.07 Å². The average Bonchev–Trinajstić information content (AvgIpc) is 2.67. The van der Waals surface area contributed by atoms with E-state index in [1.807, 2.05) is 22.6 Å². The SMILES string of the molecule is CN[C@@H]1C(O)=C(C(N)=O)C(=O)[C@@]2(O)C(O)=C3C(=O)c4c(O)ccc(I)c4CC3CC12. The molecule has 1 amide bonds. The van der Waals surface area contributed by atoms with Gasteiger partial charge in [0.1, 0.15) is 22.8 Å². The van der Waals surface area contributed by atoms with Gasteiger partial charge in [0.05, 0.1) is 11.6 Å². The van der Waals surface area contributed by atoms with Gasteiger partial charge in [0, 0.05) is 15.1 Å². The van der Waals surface area contributed by atoms with Crippen LogP contribution in [-0.4, -0.2) is 56.6 Å². The Morgan fingerprint density at radius 3 is 2.53 bits per heavy atom. The fraction of sp³-hybridized carbons (Fsp3) is 0.350. The molecule has 1 aromatic carbocycles. The smallest absolute Gasteiger partial charge is 0.255 e. The fourth-order valence-electron chi connectivity index (χ4n) is 4.97. The number of nitrogens with one attached hydrogen (secondary N) is 1. The Morgan fingerprint density at radius 1 is 1.27 bits per heavy atom. The van der Waals surface area contributed by atoms with E-state index >= 15 is 0 Å². The average molecular weight is 526 g/mol. The Hall–Kier alpha value is -2.44. The number of aliphatic hydroxyl groups is 3. The highest BCUT2D eigenvalue weighted by atomic mass is 127. The van der Waals surface area contributed by atoms with Crippen LogP contribution >= 0.6 is 22.6 Å². The maximum Gasteiger partial charge on any atom is 0.255 e. The van der Waals surface area contributed by atoms with Crippen LogP contribution in [0.15, 0.2) is 34.8 Å². The summed E-state index contributed by atoms with van der Waals surface area (Å²) in [7, 11) is 1.47. The predicted octanol–water partition coefficient (Wildman–Crippen LogP) is 0.383. The molecule has 158 valence electrons. The molecule has 0 fully saturated rings. The van der Waals surface area contributed by atoms with E-state index in [0.29, 0.717) is 5.56 Å². The summed E-state index contributed by atoms with van der Waals surface area (Å²) in [4.78, 5) is 38.0. The molecule has 0 spiro atoms. The number of carbonyl (C=O) groups excluding carboxylic acids is 3. The van der Waals surface area contributed by atoms with Crippen molar-refractivity contribution < 1.29 is 34.8 Å². The highest BCUT2D eigenvalue weighted by Crippen LogP contribution is 2.51. The summed E-state index contributed by atoms with van der Waals surface area (Å²) >= 11 is 2.05. The van der Waals surface area contributed by atoms with Crippen molar-refractivity contribution in [3.63, 3.8) is 0 Å². The van der Waals surface area contributed by atoms with Crippen molar-refractivity contribution >= 4 is 40.1 Å². The second-order valence-electron chi connectivity index (χ2n) is 7.74. The van der Waals surface area contributed by atoms with Crippen molar-refractivity contribution in [2.24, 2.45) is 17.6 Å². The maximum atomic E-state index is 13.2. The molecule has 4 rings (SSSR count). The number of carbonyl (C=O) groups is 3. The first kappa shape index (κ1) is 20.8. The third-order valence-electron chi connectivity index (χ3n) is 6.34.